The molecular formula is C12H27O3PW. The molecule has 5 heteroatoms. The fraction of sp³-hybridized carbons (Fsp3) is 1.00. The fourth-order valence-electron chi connectivity index (χ4n) is 1.07. The van der Waals surface area contributed by atoms with E-state index in [0.717, 1.165) is 58.3 Å². The molecule has 0 radical (unpaired) electrons. The first kappa shape index (κ1) is 18.0. The SMILES string of the molecule is CCCCO[P](=[W])(OCCCC)OCCCC. The summed E-state index contributed by atoms with van der Waals surface area (Å²) in [7, 11) is 0. The van der Waals surface area contributed by atoms with E-state index in [9.17, 15) is 0 Å². The van der Waals surface area contributed by atoms with Gasteiger partial charge in [0.15, 0.2) is 0 Å². The summed E-state index contributed by atoms with van der Waals surface area (Å²) in [5.74, 6) is 0. The molecule has 0 unspecified atom stereocenters. The quantitative estimate of drug-likeness (QED) is 0.331. The molecule has 0 amide bonds. The molecule has 104 valence electrons. The van der Waals surface area contributed by atoms with Gasteiger partial charge >= 0.3 is 117 Å². The molecule has 0 aliphatic carbocycles. The second-order valence-corrected chi connectivity index (χ2v) is 10.5. The Bertz CT molecular complexity index is 179. The minimum atomic E-state index is -1.98. The van der Waals surface area contributed by atoms with Crippen molar-refractivity contribution in [3.63, 3.8) is 0 Å². The second kappa shape index (κ2) is 12.1. The summed E-state index contributed by atoms with van der Waals surface area (Å²) in [6.07, 6.45) is 6.72. The standard InChI is InChI=1S/C12H27O3P.W/c1-4-7-10-13-16(14-11-8-5-2)15-12-9-6-3;/h4-12H2,1-3H3;. The molecule has 0 heterocycles. The van der Waals surface area contributed by atoms with Crippen LogP contribution >= 0.6 is 5.58 Å². The number of unbranched alkanes of at least 4 members (excludes halogenated alkanes) is 3. The molecule has 17 heavy (non-hydrogen) atoms. The summed E-state index contributed by atoms with van der Waals surface area (Å²) in [5.41, 5.74) is -1.98. The Kier molecular flexibility index (Phi) is 12.8. The van der Waals surface area contributed by atoms with Crippen molar-refractivity contribution < 1.29 is 32.4 Å². The first-order valence-corrected chi connectivity index (χ1v) is 12.1. The normalized spacial score (nSPS) is 11.9. The van der Waals surface area contributed by atoms with Crippen LogP contribution in [0.3, 0.4) is 0 Å². The molecule has 0 atom stereocenters. The molecule has 0 aromatic carbocycles. The average Bonchev–Trinajstić information content (AvgIpc) is 2.30. The Morgan fingerprint density at radius 1 is 0.706 bits per heavy atom. The summed E-state index contributed by atoms with van der Waals surface area (Å²) in [6.45, 7) is 8.82. The Morgan fingerprint density at radius 2 is 1.00 bits per heavy atom. The number of hydrogen-bond donors (Lipinski definition) is 0. The Morgan fingerprint density at radius 3 is 1.24 bits per heavy atom. The zero-order valence-electron chi connectivity index (χ0n) is 11.4. The van der Waals surface area contributed by atoms with Crippen LogP contribution in [0.15, 0.2) is 0 Å². The van der Waals surface area contributed by atoms with Gasteiger partial charge in [0.05, 0.1) is 0 Å². The summed E-state index contributed by atoms with van der Waals surface area (Å²) >= 11 is 1.32. The van der Waals surface area contributed by atoms with Crippen LogP contribution < -0.4 is 0 Å². The van der Waals surface area contributed by atoms with E-state index in [-0.39, 0.29) is 0 Å². The summed E-state index contributed by atoms with van der Waals surface area (Å²) in [4.78, 5) is 0. The predicted octanol–water partition coefficient (Wildman–Crippen LogP) is 4.66. The average molecular weight is 434 g/mol. The summed E-state index contributed by atoms with van der Waals surface area (Å²) in [5, 5.41) is 0. The molecule has 0 fully saturated rings. The molecule has 0 N–H and O–H groups in total. The van der Waals surface area contributed by atoms with Gasteiger partial charge in [0.1, 0.15) is 0 Å². The third kappa shape index (κ3) is 10.6. The van der Waals surface area contributed by atoms with Crippen LogP contribution in [0.2, 0.25) is 0 Å². The molecular weight excluding hydrogens is 407 g/mol. The van der Waals surface area contributed by atoms with E-state index < -0.39 is 5.58 Å². The molecule has 0 aromatic rings. The molecule has 0 rings (SSSR count). The van der Waals surface area contributed by atoms with Gasteiger partial charge in [0.2, 0.25) is 0 Å². The molecule has 3 nitrogen and oxygen atoms in total. The van der Waals surface area contributed by atoms with E-state index in [2.05, 4.69) is 20.8 Å². The van der Waals surface area contributed by atoms with Gasteiger partial charge in [0.25, 0.3) is 0 Å². The van der Waals surface area contributed by atoms with Gasteiger partial charge < -0.3 is 0 Å². The third-order valence-electron chi connectivity index (χ3n) is 2.24. The van der Waals surface area contributed by atoms with Gasteiger partial charge in [-0.05, 0) is 0 Å². The van der Waals surface area contributed by atoms with Crippen molar-refractivity contribution >= 4 is 5.58 Å². The number of rotatable bonds is 12. The first-order valence-electron chi connectivity index (χ1n) is 6.72. The predicted molar refractivity (Wildman–Crippen MR) is 69.5 cm³/mol. The fourth-order valence-corrected chi connectivity index (χ4v) is 4.77. The Balaban J connectivity index is 4.00. The van der Waals surface area contributed by atoms with Crippen LogP contribution in [-0.4, -0.2) is 19.8 Å². The Hall–Kier alpha value is 0.998. The Labute approximate surface area is 117 Å². The van der Waals surface area contributed by atoms with Crippen LogP contribution in [0.4, 0.5) is 0 Å². The van der Waals surface area contributed by atoms with E-state index in [1.807, 2.05) is 0 Å². The van der Waals surface area contributed by atoms with Gasteiger partial charge in [-0.3, -0.25) is 0 Å². The van der Waals surface area contributed by atoms with Crippen molar-refractivity contribution in [3.05, 3.63) is 0 Å². The van der Waals surface area contributed by atoms with Crippen LogP contribution in [0, 0.1) is 0 Å². The molecule has 0 aliphatic heterocycles. The van der Waals surface area contributed by atoms with Crippen LogP contribution in [-0.2, 0) is 32.4 Å². The van der Waals surface area contributed by atoms with E-state index in [1.54, 1.807) is 0 Å². The van der Waals surface area contributed by atoms with E-state index in [1.165, 1.54) is 18.8 Å². The van der Waals surface area contributed by atoms with Crippen molar-refractivity contribution in [1.82, 2.24) is 0 Å². The van der Waals surface area contributed by atoms with E-state index in [4.69, 9.17) is 13.6 Å². The van der Waals surface area contributed by atoms with Gasteiger partial charge in [-0.1, -0.05) is 0 Å². The van der Waals surface area contributed by atoms with Crippen molar-refractivity contribution in [2.75, 3.05) is 19.8 Å². The molecule has 0 saturated heterocycles. The van der Waals surface area contributed by atoms with Crippen molar-refractivity contribution in [3.8, 4) is 0 Å². The van der Waals surface area contributed by atoms with Gasteiger partial charge in [-0.2, -0.15) is 0 Å². The van der Waals surface area contributed by atoms with E-state index in [0.29, 0.717) is 0 Å². The topological polar surface area (TPSA) is 27.7 Å². The van der Waals surface area contributed by atoms with Crippen LogP contribution in [0.25, 0.3) is 0 Å². The molecule has 0 aromatic heterocycles. The van der Waals surface area contributed by atoms with Gasteiger partial charge in [-0.25, -0.2) is 0 Å². The van der Waals surface area contributed by atoms with Gasteiger partial charge in [-0.15, -0.1) is 0 Å². The number of hydrogen-bond acceptors (Lipinski definition) is 3. The first-order chi connectivity index (χ1) is 8.18. The minimum absolute atomic E-state index is 0.770. The van der Waals surface area contributed by atoms with Crippen LogP contribution in [0.1, 0.15) is 59.3 Å². The summed E-state index contributed by atoms with van der Waals surface area (Å²) in [6, 6.07) is 0. The molecule has 0 aliphatic rings. The third-order valence-corrected chi connectivity index (χ3v) is 7.15. The van der Waals surface area contributed by atoms with Crippen molar-refractivity contribution in [2.24, 2.45) is 0 Å². The monoisotopic (exact) mass is 434 g/mol. The van der Waals surface area contributed by atoms with Crippen molar-refractivity contribution in [2.45, 2.75) is 59.3 Å². The summed E-state index contributed by atoms with van der Waals surface area (Å²) < 4.78 is 17.6. The maximum atomic E-state index is 5.87. The molecule has 0 spiro atoms. The second-order valence-electron chi connectivity index (χ2n) is 4.01. The zero-order valence-corrected chi connectivity index (χ0v) is 15.3. The van der Waals surface area contributed by atoms with Gasteiger partial charge in [0, 0.05) is 0 Å². The van der Waals surface area contributed by atoms with E-state index >= 15 is 0 Å². The van der Waals surface area contributed by atoms with Crippen molar-refractivity contribution in [1.29, 1.82) is 0 Å². The molecule has 0 bridgehead atoms. The maximum absolute atomic E-state index is 5.87. The zero-order chi connectivity index (χ0) is 13.0. The van der Waals surface area contributed by atoms with Crippen LogP contribution in [0.5, 0.6) is 0 Å². The molecule has 0 saturated carbocycles.